The van der Waals surface area contributed by atoms with E-state index in [9.17, 15) is 4.79 Å². The second-order valence-corrected chi connectivity index (χ2v) is 8.80. The van der Waals surface area contributed by atoms with Gasteiger partial charge in [-0.3, -0.25) is 9.69 Å². The van der Waals surface area contributed by atoms with Gasteiger partial charge in [-0.25, -0.2) is 0 Å². The van der Waals surface area contributed by atoms with Gasteiger partial charge in [-0.1, -0.05) is 78.9 Å². The van der Waals surface area contributed by atoms with E-state index in [0.717, 1.165) is 55.9 Å². The fourth-order valence-corrected chi connectivity index (χ4v) is 4.75. The van der Waals surface area contributed by atoms with Crippen molar-refractivity contribution in [1.82, 2.24) is 9.80 Å². The van der Waals surface area contributed by atoms with E-state index >= 15 is 0 Å². The number of piperazine rings is 1. The smallest absolute Gasteiger partial charge is 0.223 e. The SMILES string of the molecule is O=C(CC(c1ccccc1)c1ccccc1)N1CCN(CCc2cc3ccccc3o2)CC1. The van der Waals surface area contributed by atoms with Crippen molar-refractivity contribution in [2.75, 3.05) is 32.7 Å². The molecule has 0 radical (unpaired) electrons. The molecule has 1 aliphatic heterocycles. The predicted molar refractivity (Wildman–Crippen MR) is 132 cm³/mol. The fraction of sp³-hybridized carbons (Fsp3) is 0.276. The van der Waals surface area contributed by atoms with Gasteiger partial charge in [0.25, 0.3) is 0 Å². The number of hydrogen-bond acceptors (Lipinski definition) is 3. The van der Waals surface area contributed by atoms with Crippen LogP contribution < -0.4 is 0 Å². The third kappa shape index (κ3) is 5.18. The quantitative estimate of drug-likeness (QED) is 0.391. The molecule has 0 atom stereocenters. The Morgan fingerprint density at radius 3 is 2.03 bits per heavy atom. The van der Waals surface area contributed by atoms with E-state index in [4.69, 9.17) is 4.42 Å². The molecule has 0 saturated carbocycles. The summed E-state index contributed by atoms with van der Waals surface area (Å²) in [7, 11) is 0. The summed E-state index contributed by atoms with van der Waals surface area (Å²) in [6.07, 6.45) is 1.40. The maximum Gasteiger partial charge on any atom is 0.223 e. The third-order valence-electron chi connectivity index (χ3n) is 6.66. The number of amides is 1. The van der Waals surface area contributed by atoms with E-state index in [1.165, 1.54) is 11.1 Å². The molecule has 168 valence electrons. The average molecular weight is 439 g/mol. The Kier molecular flexibility index (Phi) is 6.54. The normalized spacial score (nSPS) is 14.8. The predicted octanol–water partition coefficient (Wildman–Crippen LogP) is 5.34. The molecule has 33 heavy (non-hydrogen) atoms. The number of hydrogen-bond donors (Lipinski definition) is 0. The van der Waals surface area contributed by atoms with Crippen molar-refractivity contribution in [2.45, 2.75) is 18.8 Å². The molecule has 1 amide bonds. The Labute approximate surface area is 195 Å². The van der Waals surface area contributed by atoms with Gasteiger partial charge < -0.3 is 9.32 Å². The summed E-state index contributed by atoms with van der Waals surface area (Å²) >= 11 is 0. The average Bonchev–Trinajstić information content (AvgIpc) is 3.30. The molecule has 0 spiro atoms. The second kappa shape index (κ2) is 10.1. The number of nitrogens with zero attached hydrogens (tertiary/aromatic N) is 2. The van der Waals surface area contributed by atoms with Gasteiger partial charge in [0.1, 0.15) is 11.3 Å². The van der Waals surface area contributed by atoms with E-state index in [1.807, 2.05) is 35.2 Å². The molecule has 4 nitrogen and oxygen atoms in total. The largest absolute Gasteiger partial charge is 0.461 e. The minimum absolute atomic E-state index is 0.0889. The van der Waals surface area contributed by atoms with Crippen LogP contribution in [-0.4, -0.2) is 48.4 Å². The van der Waals surface area contributed by atoms with E-state index in [0.29, 0.717) is 6.42 Å². The molecule has 4 aromatic rings. The Balaban J connectivity index is 1.16. The Bertz CT molecular complexity index is 1110. The van der Waals surface area contributed by atoms with E-state index < -0.39 is 0 Å². The number of fused-ring (bicyclic) bond motifs is 1. The zero-order valence-corrected chi connectivity index (χ0v) is 18.9. The van der Waals surface area contributed by atoms with Gasteiger partial charge in [-0.2, -0.15) is 0 Å². The van der Waals surface area contributed by atoms with E-state index in [1.54, 1.807) is 0 Å². The molecule has 2 heterocycles. The first kappa shape index (κ1) is 21.5. The van der Waals surface area contributed by atoms with E-state index in [-0.39, 0.29) is 11.8 Å². The van der Waals surface area contributed by atoms with Crippen LogP contribution in [0, 0.1) is 0 Å². The zero-order valence-electron chi connectivity index (χ0n) is 18.9. The molecule has 1 aliphatic rings. The summed E-state index contributed by atoms with van der Waals surface area (Å²) in [5.41, 5.74) is 3.34. The highest BCUT2D eigenvalue weighted by Crippen LogP contribution is 2.29. The van der Waals surface area contributed by atoms with Crippen LogP contribution in [0.2, 0.25) is 0 Å². The standard InChI is InChI=1S/C29H30N2O2/c32-29(22-27(23-9-3-1-4-10-23)24-11-5-2-6-12-24)31-19-17-30(18-20-31)16-15-26-21-25-13-7-8-14-28(25)33-26/h1-14,21,27H,15-20,22H2. The van der Waals surface area contributed by atoms with Crippen LogP contribution in [0.25, 0.3) is 11.0 Å². The number of para-hydroxylation sites is 1. The van der Waals surface area contributed by atoms with Crippen LogP contribution in [0.1, 0.15) is 29.2 Å². The summed E-state index contributed by atoms with van der Waals surface area (Å²) in [5.74, 6) is 1.36. The second-order valence-electron chi connectivity index (χ2n) is 8.80. The van der Waals surface area contributed by atoms with Crippen LogP contribution in [0.4, 0.5) is 0 Å². The molecular weight excluding hydrogens is 408 g/mol. The summed E-state index contributed by atoms with van der Waals surface area (Å²) in [5, 5.41) is 1.16. The molecule has 0 N–H and O–H groups in total. The van der Waals surface area contributed by atoms with Crippen molar-refractivity contribution in [2.24, 2.45) is 0 Å². The number of benzene rings is 3. The first-order chi connectivity index (χ1) is 16.3. The maximum absolute atomic E-state index is 13.2. The van der Waals surface area contributed by atoms with Crippen molar-refractivity contribution in [3.8, 4) is 0 Å². The Hall–Kier alpha value is -3.37. The van der Waals surface area contributed by atoms with Crippen molar-refractivity contribution < 1.29 is 9.21 Å². The fourth-order valence-electron chi connectivity index (χ4n) is 4.75. The topological polar surface area (TPSA) is 36.7 Å². The first-order valence-electron chi connectivity index (χ1n) is 11.8. The lowest BCUT2D eigenvalue weighted by Crippen LogP contribution is -2.49. The van der Waals surface area contributed by atoms with Crippen LogP contribution in [0.15, 0.2) is 95.4 Å². The molecule has 1 aromatic heterocycles. The lowest BCUT2D eigenvalue weighted by Gasteiger charge is -2.35. The molecule has 1 saturated heterocycles. The third-order valence-corrected chi connectivity index (χ3v) is 6.66. The highest BCUT2D eigenvalue weighted by Gasteiger charge is 2.25. The maximum atomic E-state index is 13.2. The van der Waals surface area contributed by atoms with Gasteiger partial charge in [0.15, 0.2) is 0 Å². The Morgan fingerprint density at radius 2 is 1.39 bits per heavy atom. The van der Waals surface area contributed by atoms with Crippen molar-refractivity contribution >= 4 is 16.9 Å². The van der Waals surface area contributed by atoms with Crippen molar-refractivity contribution in [3.63, 3.8) is 0 Å². The molecule has 5 rings (SSSR count). The van der Waals surface area contributed by atoms with Gasteiger partial charge in [0.05, 0.1) is 0 Å². The molecule has 1 fully saturated rings. The van der Waals surface area contributed by atoms with Crippen LogP contribution in [0.3, 0.4) is 0 Å². The van der Waals surface area contributed by atoms with Gasteiger partial charge in [0.2, 0.25) is 5.91 Å². The van der Waals surface area contributed by atoms with Gasteiger partial charge in [-0.15, -0.1) is 0 Å². The van der Waals surface area contributed by atoms with Gasteiger partial charge in [-0.05, 0) is 23.3 Å². The summed E-state index contributed by atoms with van der Waals surface area (Å²) in [4.78, 5) is 17.7. The number of rotatable bonds is 7. The minimum atomic E-state index is 0.0889. The summed E-state index contributed by atoms with van der Waals surface area (Å²) < 4.78 is 5.96. The van der Waals surface area contributed by atoms with Crippen molar-refractivity contribution in [1.29, 1.82) is 0 Å². The lowest BCUT2D eigenvalue weighted by molar-refractivity contribution is -0.133. The van der Waals surface area contributed by atoms with Crippen LogP contribution in [-0.2, 0) is 11.2 Å². The van der Waals surface area contributed by atoms with Crippen molar-refractivity contribution in [3.05, 3.63) is 108 Å². The zero-order chi connectivity index (χ0) is 22.5. The van der Waals surface area contributed by atoms with Gasteiger partial charge in [0, 0.05) is 56.9 Å². The first-order valence-corrected chi connectivity index (χ1v) is 11.8. The molecular formula is C29H30N2O2. The highest BCUT2D eigenvalue weighted by molar-refractivity contribution is 5.78. The van der Waals surface area contributed by atoms with Crippen LogP contribution in [0.5, 0.6) is 0 Å². The molecule has 0 bridgehead atoms. The van der Waals surface area contributed by atoms with Crippen LogP contribution >= 0.6 is 0 Å². The van der Waals surface area contributed by atoms with E-state index in [2.05, 4.69) is 65.6 Å². The molecule has 0 aliphatic carbocycles. The minimum Gasteiger partial charge on any atom is -0.461 e. The van der Waals surface area contributed by atoms with Gasteiger partial charge >= 0.3 is 0 Å². The number of carbonyl (C=O) groups excluding carboxylic acids is 1. The molecule has 4 heteroatoms. The number of furan rings is 1. The molecule has 0 unspecified atom stereocenters. The lowest BCUT2D eigenvalue weighted by atomic mass is 9.88. The summed E-state index contributed by atoms with van der Waals surface area (Å²) in [6, 6.07) is 31.1. The monoisotopic (exact) mass is 438 g/mol. The number of carbonyl (C=O) groups is 1. The Morgan fingerprint density at radius 1 is 0.788 bits per heavy atom. The highest BCUT2D eigenvalue weighted by atomic mass is 16.3. The molecule has 3 aromatic carbocycles. The summed E-state index contributed by atoms with van der Waals surface area (Å²) in [6.45, 7) is 4.35.